The summed E-state index contributed by atoms with van der Waals surface area (Å²) in [5, 5.41) is 2.39. The van der Waals surface area contributed by atoms with Crippen LogP contribution in [0.3, 0.4) is 0 Å². The second-order valence-electron chi connectivity index (χ2n) is 5.43. The zero-order valence-corrected chi connectivity index (χ0v) is 14.4. The molecule has 0 amide bonds. The van der Waals surface area contributed by atoms with Crippen LogP contribution in [0.5, 0.6) is 0 Å². The van der Waals surface area contributed by atoms with Gasteiger partial charge in [0.05, 0.1) is 14.8 Å². The van der Waals surface area contributed by atoms with Crippen LogP contribution in [0.25, 0.3) is 0 Å². The Hall–Kier alpha value is -1.50. The van der Waals surface area contributed by atoms with Crippen molar-refractivity contribution in [1.29, 1.82) is 0 Å². The fourth-order valence-corrected chi connectivity index (χ4v) is 4.39. The van der Waals surface area contributed by atoms with Gasteiger partial charge in [0.1, 0.15) is 0 Å². The van der Waals surface area contributed by atoms with Crippen molar-refractivity contribution in [2.45, 2.75) is 33.6 Å². The Labute approximate surface area is 134 Å². The molecule has 0 radical (unpaired) electrons. The van der Waals surface area contributed by atoms with E-state index in [2.05, 4.69) is 31.2 Å². The van der Waals surface area contributed by atoms with Crippen molar-refractivity contribution in [3.05, 3.63) is 59.2 Å². The van der Waals surface area contributed by atoms with Crippen molar-refractivity contribution in [3.63, 3.8) is 0 Å². The van der Waals surface area contributed by atoms with Gasteiger partial charge in [-0.25, -0.2) is 0 Å². The van der Waals surface area contributed by atoms with Gasteiger partial charge in [0.15, 0.2) is 6.29 Å². The van der Waals surface area contributed by atoms with Crippen LogP contribution < -0.4 is 10.6 Å². The summed E-state index contributed by atoms with van der Waals surface area (Å²) < 4.78 is 6.21. The number of hydrogen-bond acceptors (Lipinski definition) is 2. The van der Waals surface area contributed by atoms with Crippen molar-refractivity contribution in [2.75, 3.05) is 6.61 Å². The van der Waals surface area contributed by atoms with Crippen molar-refractivity contribution in [2.24, 2.45) is 0 Å². The van der Waals surface area contributed by atoms with Gasteiger partial charge in [-0.05, 0) is 43.5 Å². The predicted molar refractivity (Wildman–Crippen MR) is 94.8 cm³/mol. The highest BCUT2D eigenvalue weighted by atomic mass is 31.1. The molecule has 3 heteroatoms. The van der Waals surface area contributed by atoms with Crippen molar-refractivity contribution >= 4 is 25.0 Å². The van der Waals surface area contributed by atoms with Gasteiger partial charge in [-0.15, -0.1) is 0 Å². The molecule has 0 saturated carbocycles. The largest absolute Gasteiger partial charge is 0.350 e. The summed E-state index contributed by atoms with van der Waals surface area (Å²) >= 11 is 0. The number of aldehydes is 1. The van der Waals surface area contributed by atoms with Crippen LogP contribution in [0.1, 0.15) is 41.3 Å². The molecule has 0 bridgehead atoms. The molecule has 1 atom stereocenters. The third-order valence-corrected chi connectivity index (χ3v) is 5.57. The average molecular weight is 314 g/mol. The molecular formula is C19H23O2P. The van der Waals surface area contributed by atoms with E-state index in [-0.39, 0.29) is 0 Å². The second kappa shape index (κ2) is 8.22. The van der Waals surface area contributed by atoms with Gasteiger partial charge in [-0.2, -0.15) is 0 Å². The summed E-state index contributed by atoms with van der Waals surface area (Å²) in [7, 11) is -0.828. The van der Waals surface area contributed by atoms with Gasteiger partial charge in [0, 0.05) is 16.2 Å². The second-order valence-corrected chi connectivity index (χ2v) is 7.31. The predicted octanol–water partition coefficient (Wildman–Crippen LogP) is 4.28. The lowest BCUT2D eigenvalue weighted by Crippen LogP contribution is -2.16. The maximum Gasteiger partial charge on any atom is 0.150 e. The molecule has 0 aliphatic rings. The first-order chi connectivity index (χ1) is 10.7. The fraction of sp³-hybridized carbons (Fsp3) is 0.316. The molecule has 0 aromatic heterocycles. The highest BCUT2D eigenvalue weighted by Crippen LogP contribution is 2.36. The van der Waals surface area contributed by atoms with Gasteiger partial charge in [-0.3, -0.25) is 4.79 Å². The minimum absolute atomic E-state index is 0.768. The van der Waals surface area contributed by atoms with Gasteiger partial charge < -0.3 is 4.52 Å². The Morgan fingerprint density at radius 3 is 2.23 bits per heavy atom. The topological polar surface area (TPSA) is 26.3 Å². The highest BCUT2D eigenvalue weighted by Gasteiger charge is 2.17. The number of aryl methyl sites for hydroxylation is 2. The average Bonchev–Trinajstić information content (AvgIpc) is 2.52. The van der Waals surface area contributed by atoms with Gasteiger partial charge in [-0.1, -0.05) is 43.7 Å². The smallest absolute Gasteiger partial charge is 0.150 e. The highest BCUT2D eigenvalue weighted by molar-refractivity contribution is 7.68. The van der Waals surface area contributed by atoms with E-state index in [0.29, 0.717) is 0 Å². The molecule has 2 rings (SSSR count). The molecule has 0 heterocycles. The number of hydrogen-bond donors (Lipinski definition) is 0. The molecule has 116 valence electrons. The van der Waals surface area contributed by atoms with Gasteiger partial charge in [0.2, 0.25) is 0 Å². The quantitative estimate of drug-likeness (QED) is 0.433. The van der Waals surface area contributed by atoms with E-state index in [9.17, 15) is 4.79 Å². The van der Waals surface area contributed by atoms with Gasteiger partial charge in [0.25, 0.3) is 0 Å². The summed E-state index contributed by atoms with van der Waals surface area (Å²) in [5.74, 6) is 0. The molecule has 0 N–H and O–H groups in total. The SMILES string of the molecule is CCCCOP(c1ccccc1)c1cc(C)c(C=O)c(C)c1. The number of carbonyl (C=O) groups is 1. The summed E-state index contributed by atoms with van der Waals surface area (Å²) in [6.45, 7) is 6.92. The Balaban J connectivity index is 2.38. The molecule has 0 aliphatic heterocycles. The normalized spacial score (nSPS) is 12.1. The van der Waals surface area contributed by atoms with E-state index >= 15 is 0 Å². The zero-order valence-electron chi connectivity index (χ0n) is 13.5. The lowest BCUT2D eigenvalue weighted by atomic mass is 10.0. The molecule has 1 unspecified atom stereocenters. The summed E-state index contributed by atoms with van der Waals surface area (Å²) in [4.78, 5) is 11.2. The van der Waals surface area contributed by atoms with E-state index < -0.39 is 8.15 Å². The molecule has 22 heavy (non-hydrogen) atoms. The lowest BCUT2D eigenvalue weighted by Gasteiger charge is -2.20. The first-order valence-corrected chi connectivity index (χ1v) is 8.97. The van der Waals surface area contributed by atoms with E-state index in [1.807, 2.05) is 32.0 Å². The van der Waals surface area contributed by atoms with Crippen LogP contribution in [0.2, 0.25) is 0 Å². The maximum atomic E-state index is 11.2. The third kappa shape index (κ3) is 4.03. The standard InChI is InChI=1S/C19H23O2P/c1-4-5-11-21-22(17-9-7-6-8-10-17)18-12-15(2)19(14-20)16(3)13-18/h6-10,12-14H,4-5,11H2,1-3H3. The fourth-order valence-electron chi connectivity index (χ4n) is 2.42. The van der Waals surface area contributed by atoms with Crippen molar-refractivity contribution in [3.8, 4) is 0 Å². The van der Waals surface area contributed by atoms with Crippen molar-refractivity contribution in [1.82, 2.24) is 0 Å². The summed E-state index contributed by atoms with van der Waals surface area (Å²) in [6, 6.07) is 14.6. The summed E-state index contributed by atoms with van der Waals surface area (Å²) in [5.41, 5.74) is 2.83. The zero-order chi connectivity index (χ0) is 15.9. The van der Waals surface area contributed by atoms with Crippen LogP contribution in [0, 0.1) is 13.8 Å². The minimum atomic E-state index is -0.828. The van der Waals surface area contributed by atoms with E-state index in [0.717, 1.165) is 42.4 Å². The number of carbonyl (C=O) groups excluding carboxylic acids is 1. The first-order valence-electron chi connectivity index (χ1n) is 7.72. The molecular weight excluding hydrogens is 291 g/mol. The lowest BCUT2D eigenvalue weighted by molar-refractivity contribution is 0.112. The van der Waals surface area contributed by atoms with Crippen LogP contribution in [0.4, 0.5) is 0 Å². The Morgan fingerprint density at radius 1 is 1.05 bits per heavy atom. The Kier molecular flexibility index (Phi) is 6.30. The Morgan fingerprint density at radius 2 is 1.68 bits per heavy atom. The third-order valence-electron chi connectivity index (χ3n) is 3.64. The summed E-state index contributed by atoms with van der Waals surface area (Å²) in [6.07, 6.45) is 3.13. The van der Waals surface area contributed by atoms with E-state index in [4.69, 9.17) is 4.52 Å². The number of rotatable bonds is 7. The monoisotopic (exact) mass is 314 g/mol. The van der Waals surface area contributed by atoms with Crippen LogP contribution in [-0.2, 0) is 4.52 Å². The molecule has 0 fully saturated rings. The van der Waals surface area contributed by atoms with E-state index in [1.165, 1.54) is 10.6 Å². The van der Waals surface area contributed by atoms with E-state index in [1.54, 1.807) is 0 Å². The number of unbranched alkanes of at least 4 members (excludes halogenated alkanes) is 1. The number of benzene rings is 2. The van der Waals surface area contributed by atoms with Gasteiger partial charge >= 0.3 is 0 Å². The Bertz CT molecular complexity index is 600. The van der Waals surface area contributed by atoms with Crippen LogP contribution in [-0.4, -0.2) is 12.9 Å². The first kappa shape index (κ1) is 16.9. The van der Waals surface area contributed by atoms with Crippen molar-refractivity contribution < 1.29 is 9.32 Å². The van der Waals surface area contributed by atoms with Crippen LogP contribution >= 0.6 is 8.15 Å². The molecule has 0 aliphatic carbocycles. The molecule has 0 saturated heterocycles. The molecule has 0 spiro atoms. The molecule has 2 aromatic rings. The molecule has 2 nitrogen and oxygen atoms in total. The molecule has 2 aromatic carbocycles. The minimum Gasteiger partial charge on any atom is -0.350 e. The van der Waals surface area contributed by atoms with Crippen LogP contribution in [0.15, 0.2) is 42.5 Å². The maximum absolute atomic E-state index is 11.2.